The number of hydrogen-bond donors (Lipinski definition) is 1. The van der Waals surface area contributed by atoms with Crippen molar-refractivity contribution in [2.75, 3.05) is 32.7 Å². The summed E-state index contributed by atoms with van der Waals surface area (Å²) in [6, 6.07) is 10.4. The number of carbonyl (C=O) groups excluding carboxylic acids is 3. The zero-order valence-corrected chi connectivity index (χ0v) is 20.8. The lowest BCUT2D eigenvalue weighted by atomic mass is 9.90. The molecule has 0 bridgehead atoms. The van der Waals surface area contributed by atoms with Gasteiger partial charge in [0, 0.05) is 26.2 Å². The Bertz CT molecular complexity index is 837. The van der Waals surface area contributed by atoms with Gasteiger partial charge in [-0.05, 0) is 55.9 Å². The van der Waals surface area contributed by atoms with Crippen LogP contribution in [0.25, 0.3) is 0 Å². The molecule has 4 amide bonds. The van der Waals surface area contributed by atoms with E-state index in [4.69, 9.17) is 0 Å². The van der Waals surface area contributed by atoms with Gasteiger partial charge in [0.2, 0.25) is 12.3 Å². The van der Waals surface area contributed by atoms with Gasteiger partial charge in [-0.2, -0.15) is 0 Å². The maximum Gasteiger partial charge on any atom is 0.338 e. The molecule has 1 atom stereocenters. The predicted octanol–water partition coefficient (Wildman–Crippen LogP) is 3.94. The van der Waals surface area contributed by atoms with Crippen molar-refractivity contribution in [1.82, 2.24) is 20.0 Å². The number of amides is 4. The normalized spacial score (nSPS) is 20.7. The quantitative estimate of drug-likeness (QED) is 0.344. The van der Waals surface area contributed by atoms with Crippen molar-refractivity contribution >= 4 is 18.3 Å². The van der Waals surface area contributed by atoms with Crippen LogP contribution in [-0.4, -0.2) is 76.3 Å². The van der Waals surface area contributed by atoms with Gasteiger partial charge < -0.3 is 4.90 Å². The summed E-state index contributed by atoms with van der Waals surface area (Å²) in [6.07, 6.45) is 10.2. The fraction of sp³-hybridized carbons (Fsp3) is 0.667. The maximum absolute atomic E-state index is 13.7. The molecule has 3 fully saturated rings. The summed E-state index contributed by atoms with van der Waals surface area (Å²) in [5, 5.41) is 13.7. The van der Waals surface area contributed by atoms with E-state index in [-0.39, 0.29) is 18.5 Å². The number of rotatable bonds is 8. The smallest absolute Gasteiger partial charge is 0.323 e. The van der Waals surface area contributed by atoms with Crippen LogP contribution < -0.4 is 0 Å². The molecule has 0 unspecified atom stereocenters. The van der Waals surface area contributed by atoms with Crippen LogP contribution in [0.1, 0.15) is 63.4 Å². The molecule has 2 saturated heterocycles. The molecular formula is C27H40N4O4. The van der Waals surface area contributed by atoms with Crippen LogP contribution in [0.2, 0.25) is 0 Å². The lowest BCUT2D eigenvalue weighted by Gasteiger charge is -2.44. The van der Waals surface area contributed by atoms with Gasteiger partial charge in [0.1, 0.15) is 0 Å². The van der Waals surface area contributed by atoms with Crippen LogP contribution in [0.4, 0.5) is 4.79 Å². The van der Waals surface area contributed by atoms with E-state index in [1.165, 1.54) is 5.56 Å². The molecular weight excluding hydrogens is 444 g/mol. The molecule has 8 heteroatoms. The molecule has 35 heavy (non-hydrogen) atoms. The van der Waals surface area contributed by atoms with Gasteiger partial charge in [0.15, 0.2) is 0 Å². The third kappa shape index (κ3) is 6.75. The van der Waals surface area contributed by atoms with E-state index in [1.54, 1.807) is 10.0 Å². The van der Waals surface area contributed by atoms with Crippen molar-refractivity contribution in [3.8, 4) is 0 Å². The van der Waals surface area contributed by atoms with Crippen LogP contribution in [0.15, 0.2) is 30.3 Å². The minimum Gasteiger partial charge on any atom is -0.323 e. The fourth-order valence-corrected chi connectivity index (χ4v) is 6.01. The summed E-state index contributed by atoms with van der Waals surface area (Å²) in [6.45, 7) is 2.41. The Labute approximate surface area is 208 Å². The number of hydrazine groups is 1. The highest BCUT2D eigenvalue weighted by atomic mass is 16.5. The van der Waals surface area contributed by atoms with Gasteiger partial charge in [-0.25, -0.2) is 19.9 Å². The third-order valence-corrected chi connectivity index (χ3v) is 7.98. The zero-order valence-electron chi connectivity index (χ0n) is 20.8. The van der Waals surface area contributed by atoms with E-state index in [0.29, 0.717) is 55.9 Å². The second-order valence-corrected chi connectivity index (χ2v) is 10.5. The van der Waals surface area contributed by atoms with Crippen molar-refractivity contribution < 1.29 is 19.6 Å². The standard InChI is InChI=1S/C27H40N4O4/c32-21-29(35)20-25(19-23-10-4-5-11-23)26(33)30-14-6-7-15-31(30)27(34)28-16-12-24(13-17-28)18-22-8-2-1-3-9-22/h1-3,8-9,21,23-25,35H,4-7,10-20H2/t25-/m1/s1. The Morgan fingerprint density at radius 1 is 0.914 bits per heavy atom. The van der Waals surface area contributed by atoms with Gasteiger partial charge in [-0.15, -0.1) is 0 Å². The molecule has 8 nitrogen and oxygen atoms in total. The van der Waals surface area contributed by atoms with Gasteiger partial charge in [-0.1, -0.05) is 56.0 Å². The summed E-state index contributed by atoms with van der Waals surface area (Å²) in [4.78, 5) is 40.1. The topological polar surface area (TPSA) is 84.4 Å². The van der Waals surface area contributed by atoms with Crippen molar-refractivity contribution in [1.29, 1.82) is 0 Å². The molecule has 192 valence electrons. The van der Waals surface area contributed by atoms with E-state index >= 15 is 0 Å². The van der Waals surface area contributed by atoms with E-state index in [1.807, 2.05) is 11.0 Å². The average Bonchev–Trinajstić information content (AvgIpc) is 3.41. The number of carbonyl (C=O) groups is 3. The molecule has 2 aliphatic heterocycles. The molecule has 0 spiro atoms. The Hall–Kier alpha value is -2.61. The monoisotopic (exact) mass is 484 g/mol. The van der Waals surface area contributed by atoms with Crippen LogP contribution in [0.5, 0.6) is 0 Å². The third-order valence-electron chi connectivity index (χ3n) is 7.98. The number of piperidine rings is 1. The molecule has 3 aliphatic rings. The highest BCUT2D eigenvalue weighted by Crippen LogP contribution is 2.32. The minimum atomic E-state index is -0.502. The molecule has 0 aromatic heterocycles. The number of benzene rings is 1. The van der Waals surface area contributed by atoms with Crippen molar-refractivity contribution in [2.24, 2.45) is 17.8 Å². The molecule has 1 N–H and O–H groups in total. The Morgan fingerprint density at radius 3 is 2.23 bits per heavy atom. The predicted molar refractivity (Wildman–Crippen MR) is 132 cm³/mol. The van der Waals surface area contributed by atoms with Crippen LogP contribution in [-0.2, 0) is 16.0 Å². The molecule has 4 rings (SSSR count). The number of likely N-dealkylation sites (tertiary alicyclic amines) is 1. The van der Waals surface area contributed by atoms with Crippen molar-refractivity contribution in [3.05, 3.63) is 35.9 Å². The molecule has 2 heterocycles. The van der Waals surface area contributed by atoms with Crippen LogP contribution in [0.3, 0.4) is 0 Å². The van der Waals surface area contributed by atoms with Gasteiger partial charge in [-0.3, -0.25) is 14.8 Å². The largest absolute Gasteiger partial charge is 0.338 e. The maximum atomic E-state index is 13.7. The number of urea groups is 1. The summed E-state index contributed by atoms with van der Waals surface area (Å²) in [7, 11) is 0. The highest BCUT2D eigenvalue weighted by molar-refractivity contribution is 5.83. The molecule has 1 aliphatic carbocycles. The lowest BCUT2D eigenvalue weighted by molar-refractivity contribution is -0.164. The summed E-state index contributed by atoms with van der Waals surface area (Å²) in [5.74, 6) is 0.347. The molecule has 1 aromatic rings. The first-order chi connectivity index (χ1) is 17.0. The van der Waals surface area contributed by atoms with Crippen LogP contribution in [0, 0.1) is 17.8 Å². The number of hydrogen-bond acceptors (Lipinski definition) is 4. The highest BCUT2D eigenvalue weighted by Gasteiger charge is 2.37. The molecule has 1 aromatic carbocycles. The molecule has 0 radical (unpaired) electrons. The Morgan fingerprint density at radius 2 is 1.57 bits per heavy atom. The number of hydroxylamine groups is 2. The van der Waals surface area contributed by atoms with E-state index in [9.17, 15) is 19.6 Å². The van der Waals surface area contributed by atoms with Gasteiger partial charge >= 0.3 is 6.03 Å². The second-order valence-electron chi connectivity index (χ2n) is 10.5. The Balaban J connectivity index is 1.37. The summed E-state index contributed by atoms with van der Waals surface area (Å²) >= 11 is 0. The van der Waals surface area contributed by atoms with Crippen LogP contribution >= 0.6 is 0 Å². The lowest BCUT2D eigenvalue weighted by Crippen LogP contribution is -2.59. The number of nitrogens with zero attached hydrogens (tertiary/aromatic N) is 4. The average molecular weight is 485 g/mol. The van der Waals surface area contributed by atoms with E-state index < -0.39 is 5.92 Å². The minimum absolute atomic E-state index is 0.0256. The Kier molecular flexibility index (Phi) is 9.01. The first-order valence-electron chi connectivity index (χ1n) is 13.4. The van der Waals surface area contributed by atoms with E-state index in [0.717, 1.165) is 57.8 Å². The summed E-state index contributed by atoms with van der Waals surface area (Å²) < 4.78 is 0. The second kappa shape index (κ2) is 12.4. The fourth-order valence-electron chi connectivity index (χ4n) is 6.01. The van der Waals surface area contributed by atoms with Gasteiger partial charge in [0.05, 0.1) is 12.5 Å². The first kappa shape index (κ1) is 25.5. The first-order valence-corrected chi connectivity index (χ1v) is 13.4. The van der Waals surface area contributed by atoms with Gasteiger partial charge in [0.25, 0.3) is 0 Å². The van der Waals surface area contributed by atoms with Crippen molar-refractivity contribution in [3.63, 3.8) is 0 Å². The SMILES string of the molecule is O=CN(O)C[C@@H](CC1CCCC1)C(=O)N1CCCCN1C(=O)N1CCC(Cc2ccccc2)CC1. The summed E-state index contributed by atoms with van der Waals surface area (Å²) in [5.41, 5.74) is 1.34. The molecule has 1 saturated carbocycles. The van der Waals surface area contributed by atoms with Crippen molar-refractivity contribution in [2.45, 2.75) is 64.2 Å². The zero-order chi connectivity index (χ0) is 24.6. The van der Waals surface area contributed by atoms with E-state index in [2.05, 4.69) is 24.3 Å².